The molecule has 1 aromatic carbocycles. The number of furan rings is 1. The summed E-state index contributed by atoms with van der Waals surface area (Å²) in [6.45, 7) is 0. The Bertz CT molecular complexity index is 915. The summed E-state index contributed by atoms with van der Waals surface area (Å²) in [6.07, 6.45) is 0. The molecule has 0 aliphatic heterocycles. The van der Waals surface area contributed by atoms with Crippen LogP contribution in [0.15, 0.2) is 58.3 Å². The highest BCUT2D eigenvalue weighted by molar-refractivity contribution is 7.12. The third kappa shape index (κ3) is 3.90. The average molecular weight is 358 g/mol. The molecule has 2 aromatic heterocycles. The van der Waals surface area contributed by atoms with Crippen molar-refractivity contribution >= 4 is 34.8 Å². The van der Waals surface area contributed by atoms with Crippen LogP contribution in [-0.2, 0) is 0 Å². The Labute approximate surface area is 144 Å². The highest BCUT2D eigenvalue weighted by atomic mass is 32.1. The Kier molecular flexibility index (Phi) is 4.57. The Morgan fingerprint density at radius 2 is 1.88 bits per heavy atom. The fourth-order valence-corrected chi connectivity index (χ4v) is 2.52. The number of benzene rings is 1. The Balaban J connectivity index is 1.63. The molecule has 0 spiro atoms. The number of carbonyl (C=O) groups excluding carboxylic acids is 2. The third-order valence-corrected chi connectivity index (χ3v) is 3.91. The van der Waals surface area contributed by atoms with Gasteiger partial charge in [0, 0.05) is 5.69 Å². The van der Waals surface area contributed by atoms with Crippen LogP contribution in [0.1, 0.15) is 20.2 Å². The van der Waals surface area contributed by atoms with Gasteiger partial charge in [0.1, 0.15) is 10.7 Å². The van der Waals surface area contributed by atoms with E-state index in [-0.39, 0.29) is 17.4 Å². The largest absolute Gasteiger partial charge is 0.433 e. The van der Waals surface area contributed by atoms with Crippen LogP contribution in [0.5, 0.6) is 5.75 Å². The van der Waals surface area contributed by atoms with E-state index in [0.29, 0.717) is 10.6 Å². The number of anilines is 1. The third-order valence-electron chi connectivity index (χ3n) is 3.04. The number of nitrogens with zero attached hydrogens (tertiary/aromatic N) is 1. The van der Waals surface area contributed by atoms with Crippen molar-refractivity contribution in [3.63, 3.8) is 0 Å². The average Bonchev–Trinajstić information content (AvgIpc) is 3.28. The van der Waals surface area contributed by atoms with Gasteiger partial charge in [0.2, 0.25) is 5.76 Å². The molecular formula is C16H10N2O6S. The molecular weight excluding hydrogens is 348 g/mol. The molecule has 1 N–H and O–H groups in total. The molecule has 126 valence electrons. The van der Waals surface area contributed by atoms with Crippen molar-refractivity contribution in [2.45, 2.75) is 0 Å². The molecule has 2 heterocycles. The van der Waals surface area contributed by atoms with E-state index >= 15 is 0 Å². The number of ether oxygens (including phenoxy) is 1. The molecule has 0 aliphatic carbocycles. The summed E-state index contributed by atoms with van der Waals surface area (Å²) < 4.78 is 9.83. The van der Waals surface area contributed by atoms with E-state index in [9.17, 15) is 19.7 Å². The van der Waals surface area contributed by atoms with Crippen molar-refractivity contribution in [1.82, 2.24) is 0 Å². The van der Waals surface area contributed by atoms with E-state index in [1.165, 1.54) is 23.5 Å². The first-order valence-corrected chi connectivity index (χ1v) is 7.82. The number of nitrogens with one attached hydrogen (secondary N) is 1. The van der Waals surface area contributed by atoms with E-state index in [2.05, 4.69) is 5.32 Å². The van der Waals surface area contributed by atoms with Gasteiger partial charge in [0.05, 0.1) is 10.9 Å². The van der Waals surface area contributed by atoms with Crippen LogP contribution in [0.25, 0.3) is 0 Å². The fourth-order valence-electron chi connectivity index (χ4n) is 1.90. The minimum absolute atomic E-state index is 0.207. The van der Waals surface area contributed by atoms with Gasteiger partial charge in [-0.2, -0.15) is 0 Å². The number of hydrogen-bond acceptors (Lipinski definition) is 7. The summed E-state index contributed by atoms with van der Waals surface area (Å²) in [5.74, 6) is -1.70. The highest BCUT2D eigenvalue weighted by Gasteiger charge is 2.19. The second-order valence-electron chi connectivity index (χ2n) is 4.74. The number of rotatable bonds is 5. The lowest BCUT2D eigenvalue weighted by atomic mass is 10.3. The summed E-state index contributed by atoms with van der Waals surface area (Å²) in [5, 5.41) is 15.0. The van der Waals surface area contributed by atoms with E-state index < -0.39 is 16.8 Å². The van der Waals surface area contributed by atoms with Crippen LogP contribution in [0, 0.1) is 10.1 Å². The first-order chi connectivity index (χ1) is 12.0. The van der Waals surface area contributed by atoms with Gasteiger partial charge >= 0.3 is 11.9 Å². The molecule has 0 saturated heterocycles. The van der Waals surface area contributed by atoms with E-state index in [4.69, 9.17) is 9.15 Å². The van der Waals surface area contributed by atoms with Crippen molar-refractivity contribution in [3.8, 4) is 5.75 Å². The second kappa shape index (κ2) is 6.97. The predicted molar refractivity (Wildman–Crippen MR) is 89.0 cm³/mol. The lowest BCUT2D eigenvalue weighted by Crippen LogP contribution is -2.10. The summed E-state index contributed by atoms with van der Waals surface area (Å²) >= 11 is 1.32. The van der Waals surface area contributed by atoms with Gasteiger partial charge < -0.3 is 14.5 Å². The summed E-state index contributed by atoms with van der Waals surface area (Å²) in [7, 11) is 0. The molecule has 9 heteroatoms. The molecule has 0 fully saturated rings. The summed E-state index contributed by atoms with van der Waals surface area (Å²) in [4.78, 5) is 34.2. The number of carbonyl (C=O) groups is 2. The first kappa shape index (κ1) is 16.4. The van der Waals surface area contributed by atoms with E-state index in [0.717, 1.165) is 12.1 Å². The minimum Gasteiger partial charge on any atom is -0.421 e. The molecule has 0 aliphatic rings. The summed E-state index contributed by atoms with van der Waals surface area (Å²) in [6, 6.07) is 11.8. The number of esters is 1. The van der Waals surface area contributed by atoms with E-state index in [1.807, 2.05) is 0 Å². The van der Waals surface area contributed by atoms with Crippen molar-refractivity contribution in [2.24, 2.45) is 0 Å². The molecule has 0 saturated carbocycles. The molecule has 1 amide bonds. The zero-order chi connectivity index (χ0) is 17.8. The standard InChI is InChI=1S/C16H10N2O6S/c19-15(13-2-1-9-25-13)17-10-3-5-11(6-4-10)23-16(20)12-7-8-14(24-12)18(21)22/h1-9H,(H,17,19). The molecule has 0 atom stereocenters. The van der Waals surface area contributed by atoms with Crippen LogP contribution < -0.4 is 10.1 Å². The van der Waals surface area contributed by atoms with Gasteiger partial charge in [-0.25, -0.2) is 4.79 Å². The molecule has 25 heavy (non-hydrogen) atoms. The maximum Gasteiger partial charge on any atom is 0.433 e. The molecule has 3 aromatic rings. The Morgan fingerprint density at radius 3 is 2.48 bits per heavy atom. The molecule has 8 nitrogen and oxygen atoms in total. The molecule has 0 radical (unpaired) electrons. The second-order valence-corrected chi connectivity index (χ2v) is 5.69. The minimum atomic E-state index is -0.858. The van der Waals surface area contributed by atoms with E-state index in [1.54, 1.807) is 29.6 Å². The number of amides is 1. The lowest BCUT2D eigenvalue weighted by Gasteiger charge is -2.05. The normalized spacial score (nSPS) is 10.2. The SMILES string of the molecule is O=C(Oc1ccc(NC(=O)c2cccs2)cc1)c1ccc([N+](=O)[O-])o1. The highest BCUT2D eigenvalue weighted by Crippen LogP contribution is 2.21. The number of hydrogen-bond donors (Lipinski definition) is 1. The van der Waals surface area contributed by atoms with Crippen molar-refractivity contribution in [3.05, 3.63) is 74.7 Å². The molecule has 0 bridgehead atoms. The topological polar surface area (TPSA) is 112 Å². The van der Waals surface area contributed by atoms with Crippen molar-refractivity contribution < 1.29 is 23.7 Å². The van der Waals surface area contributed by atoms with Gasteiger partial charge in [-0.3, -0.25) is 14.9 Å². The lowest BCUT2D eigenvalue weighted by molar-refractivity contribution is -0.402. The van der Waals surface area contributed by atoms with Crippen LogP contribution in [-0.4, -0.2) is 16.8 Å². The summed E-state index contributed by atoms with van der Waals surface area (Å²) in [5.41, 5.74) is 0.534. The fraction of sp³-hybridized carbons (Fsp3) is 0. The van der Waals surface area contributed by atoms with Crippen LogP contribution in [0.4, 0.5) is 11.6 Å². The van der Waals surface area contributed by atoms with Gasteiger partial charge in [-0.15, -0.1) is 11.3 Å². The molecule has 3 rings (SSSR count). The molecule has 0 unspecified atom stereocenters. The van der Waals surface area contributed by atoms with Gasteiger partial charge in [0.25, 0.3) is 5.91 Å². The number of thiophene rings is 1. The van der Waals surface area contributed by atoms with Crippen molar-refractivity contribution in [1.29, 1.82) is 0 Å². The van der Waals surface area contributed by atoms with Crippen LogP contribution >= 0.6 is 11.3 Å². The van der Waals surface area contributed by atoms with Crippen LogP contribution in [0.3, 0.4) is 0 Å². The van der Waals surface area contributed by atoms with Gasteiger partial charge in [0.15, 0.2) is 0 Å². The monoisotopic (exact) mass is 358 g/mol. The quantitative estimate of drug-likeness (QED) is 0.322. The zero-order valence-corrected chi connectivity index (χ0v) is 13.3. The zero-order valence-electron chi connectivity index (χ0n) is 12.5. The first-order valence-electron chi connectivity index (χ1n) is 6.94. The smallest absolute Gasteiger partial charge is 0.421 e. The van der Waals surface area contributed by atoms with Crippen LogP contribution in [0.2, 0.25) is 0 Å². The Morgan fingerprint density at radius 1 is 1.12 bits per heavy atom. The maximum absolute atomic E-state index is 11.9. The Hall–Kier alpha value is -3.46. The predicted octanol–water partition coefficient (Wildman–Crippen LogP) is 3.72. The number of nitro groups is 1. The van der Waals surface area contributed by atoms with Gasteiger partial charge in [-0.05, 0) is 41.8 Å². The van der Waals surface area contributed by atoms with Crippen molar-refractivity contribution in [2.75, 3.05) is 5.32 Å². The van der Waals surface area contributed by atoms with Gasteiger partial charge in [-0.1, -0.05) is 6.07 Å². The maximum atomic E-state index is 11.9.